The van der Waals surface area contributed by atoms with Crippen molar-refractivity contribution in [3.05, 3.63) is 118 Å². The van der Waals surface area contributed by atoms with Crippen LogP contribution in [0.3, 0.4) is 0 Å². The van der Waals surface area contributed by atoms with E-state index in [9.17, 15) is 0 Å². The van der Waals surface area contributed by atoms with Gasteiger partial charge in [-0.1, -0.05) is 97.6 Å². The summed E-state index contributed by atoms with van der Waals surface area (Å²) in [6, 6.07) is 0. The molecule has 0 aromatic rings. The molecule has 0 spiro atoms. The molecule has 6 rings (SSSR count). The van der Waals surface area contributed by atoms with E-state index in [0.29, 0.717) is 23.7 Å². The third-order valence-electron chi connectivity index (χ3n) is 9.07. The zero-order valence-electron chi connectivity index (χ0n) is 22.1. The first-order valence-corrected chi connectivity index (χ1v) is 15.9. The van der Waals surface area contributed by atoms with Crippen LogP contribution < -0.4 is 0 Å². The summed E-state index contributed by atoms with van der Waals surface area (Å²) in [6.07, 6.45) is 39.3. The van der Waals surface area contributed by atoms with Gasteiger partial charge in [0.15, 0.2) is 7.14 Å². The molecule has 1 heterocycles. The highest BCUT2D eigenvalue weighted by atomic mass is 31.2. The van der Waals surface area contributed by atoms with Crippen molar-refractivity contribution in [2.45, 2.75) is 58.2 Å². The van der Waals surface area contributed by atoms with Crippen LogP contribution in [-0.4, -0.2) is 11.5 Å². The van der Waals surface area contributed by atoms with Crippen LogP contribution in [0.25, 0.3) is 0 Å². The van der Waals surface area contributed by atoms with Gasteiger partial charge in [0.2, 0.25) is 0 Å². The Morgan fingerprint density at radius 3 is 2.78 bits per heavy atom. The smallest absolute Gasteiger partial charge is 0.159 e. The van der Waals surface area contributed by atoms with Crippen molar-refractivity contribution in [1.82, 2.24) is 0 Å². The number of rotatable bonds is 6. The van der Waals surface area contributed by atoms with Crippen molar-refractivity contribution in [1.29, 1.82) is 0 Å². The Morgan fingerprint density at radius 1 is 1.05 bits per heavy atom. The molecule has 0 N–H and O–H groups in total. The molecule has 1 fully saturated rings. The van der Waals surface area contributed by atoms with Crippen LogP contribution in [0, 0.1) is 23.7 Å². The molecule has 0 aromatic carbocycles. The number of aliphatic imine (C=N–C) groups is 1. The highest BCUT2D eigenvalue weighted by Gasteiger charge is 2.45. The zero-order valence-corrected chi connectivity index (χ0v) is 23.0. The molecule has 6 atom stereocenters. The van der Waals surface area contributed by atoms with Gasteiger partial charge in [-0.15, -0.1) is 0 Å². The summed E-state index contributed by atoms with van der Waals surface area (Å²) < 4.78 is 15.2. The molecule has 0 bridgehead atoms. The molecule has 5 unspecified atom stereocenters. The number of allylic oxidation sites excluding steroid dienone is 19. The molecule has 1 aliphatic heterocycles. The first-order valence-electron chi connectivity index (χ1n) is 14.2. The van der Waals surface area contributed by atoms with E-state index >= 15 is 4.57 Å². The van der Waals surface area contributed by atoms with E-state index in [-0.39, 0.29) is 5.78 Å². The van der Waals surface area contributed by atoms with Gasteiger partial charge in [0, 0.05) is 11.5 Å². The Balaban J connectivity index is 1.44. The van der Waals surface area contributed by atoms with Crippen molar-refractivity contribution in [2.24, 2.45) is 28.7 Å². The number of hydrogen-bond acceptors (Lipinski definition) is 2. The maximum atomic E-state index is 15.2. The van der Waals surface area contributed by atoms with Gasteiger partial charge in [-0.25, -0.2) is 0 Å². The number of nitrogens with zero attached hydrogens (tertiary/aromatic N) is 1. The van der Waals surface area contributed by atoms with Gasteiger partial charge in [-0.05, 0) is 85.5 Å². The van der Waals surface area contributed by atoms with Crippen molar-refractivity contribution >= 4 is 12.9 Å². The first kappa shape index (κ1) is 24.6. The molecule has 3 heteroatoms. The molecular weight excluding hydrogens is 469 g/mol. The molecule has 0 aromatic heterocycles. The van der Waals surface area contributed by atoms with E-state index in [1.54, 1.807) is 5.57 Å². The second-order valence-corrected chi connectivity index (χ2v) is 14.1. The standard InChI is InChI=1S/C34H38NOP/c1-3-5-13-27(4-2)37(36,28-14-7-6-8-15-28)32-17-10-16-31(35-32)29-22-20-26-19-18-24-11-9-12-25-21-23-30(29)34(26)33(24)25/h3,5-7,9-14,16,20-23,25-26,32-34H,4,8,15,17-19H2,1-2H3/b5-3-,27-13+/t25?,26?,32?,33-,34?,37?/m0/s1. The maximum Gasteiger partial charge on any atom is 0.159 e. The fraction of sp³-hybridized carbons (Fsp3) is 0.382. The average Bonchev–Trinajstić information content (AvgIpc) is 2.96. The molecule has 37 heavy (non-hydrogen) atoms. The molecule has 2 nitrogen and oxygen atoms in total. The summed E-state index contributed by atoms with van der Waals surface area (Å²) in [5.41, 5.74) is 5.31. The van der Waals surface area contributed by atoms with Crippen LogP contribution in [0.15, 0.2) is 123 Å². The zero-order chi connectivity index (χ0) is 25.4. The lowest BCUT2D eigenvalue weighted by Gasteiger charge is -2.47. The van der Waals surface area contributed by atoms with E-state index < -0.39 is 7.14 Å². The van der Waals surface area contributed by atoms with E-state index in [1.807, 2.05) is 19.1 Å². The van der Waals surface area contributed by atoms with Crippen molar-refractivity contribution in [3.8, 4) is 0 Å². The molecule has 190 valence electrons. The summed E-state index contributed by atoms with van der Waals surface area (Å²) >= 11 is 0. The first-order chi connectivity index (χ1) is 18.1. The maximum absolute atomic E-state index is 15.2. The molecule has 6 aliphatic rings. The molecule has 0 amide bonds. The third kappa shape index (κ3) is 4.18. The van der Waals surface area contributed by atoms with Crippen molar-refractivity contribution in [3.63, 3.8) is 0 Å². The lowest BCUT2D eigenvalue weighted by atomic mass is 9.56. The molecule has 0 saturated heterocycles. The number of dihydropyridines is 1. The third-order valence-corrected chi connectivity index (χ3v) is 12.8. The molecule has 0 radical (unpaired) electrons. The Morgan fingerprint density at radius 2 is 1.97 bits per heavy atom. The fourth-order valence-corrected chi connectivity index (χ4v) is 10.7. The quantitative estimate of drug-likeness (QED) is 0.260. The van der Waals surface area contributed by atoms with Gasteiger partial charge in [0.05, 0.1) is 5.71 Å². The highest BCUT2D eigenvalue weighted by Crippen LogP contribution is 2.68. The van der Waals surface area contributed by atoms with Crippen LogP contribution in [0.4, 0.5) is 0 Å². The van der Waals surface area contributed by atoms with E-state index in [1.165, 1.54) is 24.0 Å². The number of hydrogen-bond donors (Lipinski definition) is 0. The minimum atomic E-state index is -2.87. The van der Waals surface area contributed by atoms with E-state index in [0.717, 1.165) is 42.0 Å². The highest BCUT2D eigenvalue weighted by molar-refractivity contribution is 7.73. The van der Waals surface area contributed by atoms with Crippen LogP contribution in [-0.2, 0) is 4.57 Å². The summed E-state index contributed by atoms with van der Waals surface area (Å²) in [7, 11) is -2.87. The Kier molecular flexibility index (Phi) is 6.80. The van der Waals surface area contributed by atoms with E-state index in [4.69, 9.17) is 4.99 Å². The van der Waals surface area contributed by atoms with Crippen LogP contribution in [0.2, 0.25) is 0 Å². The minimum Gasteiger partial charge on any atom is -0.312 e. The minimum absolute atomic E-state index is 0.235. The van der Waals surface area contributed by atoms with Crippen LogP contribution in [0.5, 0.6) is 0 Å². The van der Waals surface area contributed by atoms with Gasteiger partial charge in [0.25, 0.3) is 0 Å². The van der Waals surface area contributed by atoms with Crippen LogP contribution >= 0.6 is 7.14 Å². The summed E-state index contributed by atoms with van der Waals surface area (Å²) in [5, 5.41) is 2.13. The van der Waals surface area contributed by atoms with Gasteiger partial charge in [-0.2, -0.15) is 0 Å². The Bertz CT molecular complexity index is 1350. The summed E-state index contributed by atoms with van der Waals surface area (Å²) in [5.74, 6) is 1.98. The van der Waals surface area contributed by atoms with Crippen molar-refractivity contribution in [2.75, 3.05) is 0 Å². The van der Waals surface area contributed by atoms with Gasteiger partial charge in [-0.3, -0.25) is 4.99 Å². The summed E-state index contributed by atoms with van der Waals surface area (Å²) in [4.78, 5) is 5.35. The lowest BCUT2D eigenvalue weighted by molar-refractivity contribution is 0.243. The van der Waals surface area contributed by atoms with Gasteiger partial charge >= 0.3 is 0 Å². The summed E-state index contributed by atoms with van der Waals surface area (Å²) in [6.45, 7) is 4.15. The topological polar surface area (TPSA) is 29.4 Å². The van der Waals surface area contributed by atoms with Gasteiger partial charge < -0.3 is 4.57 Å². The second kappa shape index (κ2) is 10.2. The van der Waals surface area contributed by atoms with Crippen LogP contribution in [0.1, 0.15) is 52.4 Å². The Labute approximate surface area is 222 Å². The fourth-order valence-electron chi connectivity index (χ4n) is 7.30. The van der Waals surface area contributed by atoms with Crippen molar-refractivity contribution < 1.29 is 4.57 Å². The Hall–Kier alpha value is -2.70. The molecule has 1 saturated carbocycles. The SMILES string of the molecule is C/C=C\C=C(/CC)P(=O)(C1=CC=CCC1)C1CC=CC(C2=C3C=CC4C=CC=C5CCC(C=C2)C3[C@@H]54)=N1. The predicted molar refractivity (Wildman–Crippen MR) is 158 cm³/mol. The van der Waals surface area contributed by atoms with Gasteiger partial charge in [0.1, 0.15) is 5.78 Å². The largest absolute Gasteiger partial charge is 0.312 e. The molecular formula is C34H38NOP. The second-order valence-electron chi connectivity index (χ2n) is 11.0. The predicted octanol–water partition coefficient (Wildman–Crippen LogP) is 9.37. The lowest BCUT2D eigenvalue weighted by Crippen LogP contribution is -2.39. The monoisotopic (exact) mass is 507 g/mol. The normalized spacial score (nSPS) is 33.7. The average molecular weight is 508 g/mol. The molecule has 5 aliphatic carbocycles. The van der Waals surface area contributed by atoms with E-state index in [2.05, 4.69) is 85.9 Å².